The molecule has 13 heavy (non-hydrogen) atoms. The first-order chi connectivity index (χ1) is 6.20. The standard InChI is InChI=1S/C10H15N3/c1-7-4-3-5-8(10(7)12)9(6-11)13-2/h3-6,13H,11-12H2,1-2H3/b9-6+. The highest BCUT2D eigenvalue weighted by Crippen LogP contribution is 2.21. The van der Waals surface area contributed by atoms with E-state index in [0.29, 0.717) is 0 Å². The Kier molecular flexibility index (Phi) is 2.80. The fourth-order valence-corrected chi connectivity index (χ4v) is 1.22. The third kappa shape index (κ3) is 1.75. The quantitative estimate of drug-likeness (QED) is 0.592. The van der Waals surface area contributed by atoms with Crippen molar-refractivity contribution in [3.63, 3.8) is 0 Å². The van der Waals surface area contributed by atoms with Gasteiger partial charge >= 0.3 is 0 Å². The smallest absolute Gasteiger partial charge is 0.0589 e. The summed E-state index contributed by atoms with van der Waals surface area (Å²) in [6, 6.07) is 5.88. The monoisotopic (exact) mass is 177 g/mol. The molecule has 0 aromatic heterocycles. The largest absolute Gasteiger partial charge is 0.403 e. The molecule has 1 aromatic rings. The summed E-state index contributed by atoms with van der Waals surface area (Å²) < 4.78 is 0. The Morgan fingerprint density at radius 3 is 2.69 bits per heavy atom. The zero-order valence-corrected chi connectivity index (χ0v) is 7.96. The van der Waals surface area contributed by atoms with E-state index in [0.717, 1.165) is 22.5 Å². The first kappa shape index (κ1) is 9.45. The number of benzene rings is 1. The molecule has 3 nitrogen and oxygen atoms in total. The molecular weight excluding hydrogens is 162 g/mol. The summed E-state index contributed by atoms with van der Waals surface area (Å²) in [7, 11) is 1.82. The summed E-state index contributed by atoms with van der Waals surface area (Å²) in [5.41, 5.74) is 15.0. The number of rotatable bonds is 2. The molecule has 0 amide bonds. The van der Waals surface area contributed by atoms with E-state index in [2.05, 4.69) is 5.32 Å². The number of para-hydroxylation sites is 1. The zero-order valence-electron chi connectivity index (χ0n) is 7.96. The van der Waals surface area contributed by atoms with Crippen molar-refractivity contribution >= 4 is 11.4 Å². The van der Waals surface area contributed by atoms with Gasteiger partial charge in [-0.2, -0.15) is 0 Å². The molecule has 0 spiro atoms. The van der Waals surface area contributed by atoms with Crippen LogP contribution in [0.2, 0.25) is 0 Å². The molecule has 0 heterocycles. The van der Waals surface area contributed by atoms with Crippen molar-refractivity contribution < 1.29 is 0 Å². The summed E-state index contributed by atoms with van der Waals surface area (Å²) in [6.07, 6.45) is 1.52. The van der Waals surface area contributed by atoms with Crippen LogP contribution < -0.4 is 16.8 Å². The van der Waals surface area contributed by atoms with Crippen LogP contribution in [0.25, 0.3) is 5.70 Å². The molecule has 1 aromatic carbocycles. The predicted octanol–water partition coefficient (Wildman–Crippen LogP) is 1.05. The van der Waals surface area contributed by atoms with Gasteiger partial charge in [0.05, 0.1) is 5.70 Å². The highest BCUT2D eigenvalue weighted by atomic mass is 14.9. The van der Waals surface area contributed by atoms with Crippen molar-refractivity contribution in [2.24, 2.45) is 5.73 Å². The topological polar surface area (TPSA) is 64.1 Å². The molecular formula is C10H15N3. The van der Waals surface area contributed by atoms with Crippen molar-refractivity contribution in [2.75, 3.05) is 12.8 Å². The van der Waals surface area contributed by atoms with E-state index in [-0.39, 0.29) is 0 Å². The third-order valence-electron chi connectivity index (χ3n) is 2.05. The number of nitrogens with two attached hydrogens (primary N) is 2. The van der Waals surface area contributed by atoms with Crippen LogP contribution in [0.1, 0.15) is 11.1 Å². The number of hydrogen-bond acceptors (Lipinski definition) is 3. The van der Waals surface area contributed by atoms with Crippen molar-refractivity contribution in [3.05, 3.63) is 35.5 Å². The Morgan fingerprint density at radius 1 is 1.46 bits per heavy atom. The average Bonchev–Trinajstić information content (AvgIpc) is 2.14. The van der Waals surface area contributed by atoms with E-state index < -0.39 is 0 Å². The number of anilines is 1. The molecule has 5 N–H and O–H groups in total. The highest BCUT2D eigenvalue weighted by Gasteiger charge is 2.04. The fourth-order valence-electron chi connectivity index (χ4n) is 1.22. The molecule has 3 heteroatoms. The molecule has 0 aliphatic carbocycles. The fraction of sp³-hybridized carbons (Fsp3) is 0.200. The predicted molar refractivity (Wildman–Crippen MR) is 56.8 cm³/mol. The lowest BCUT2D eigenvalue weighted by Crippen LogP contribution is -2.09. The van der Waals surface area contributed by atoms with Gasteiger partial charge in [0.2, 0.25) is 0 Å². The summed E-state index contributed by atoms with van der Waals surface area (Å²) in [6.45, 7) is 1.97. The van der Waals surface area contributed by atoms with E-state index in [9.17, 15) is 0 Å². The summed E-state index contributed by atoms with van der Waals surface area (Å²) >= 11 is 0. The molecule has 0 fully saturated rings. The van der Waals surface area contributed by atoms with Crippen molar-refractivity contribution in [1.29, 1.82) is 0 Å². The maximum atomic E-state index is 5.90. The van der Waals surface area contributed by atoms with Gasteiger partial charge in [0.25, 0.3) is 0 Å². The normalized spacial score (nSPS) is 11.4. The molecule has 0 bridgehead atoms. The first-order valence-corrected chi connectivity index (χ1v) is 4.15. The number of hydrogen-bond donors (Lipinski definition) is 3. The van der Waals surface area contributed by atoms with Gasteiger partial charge in [0.1, 0.15) is 0 Å². The van der Waals surface area contributed by atoms with E-state index in [4.69, 9.17) is 11.5 Å². The lowest BCUT2D eigenvalue weighted by Gasteiger charge is -2.10. The Labute approximate surface area is 78.4 Å². The van der Waals surface area contributed by atoms with Crippen LogP contribution in [0, 0.1) is 6.92 Å². The van der Waals surface area contributed by atoms with Crippen molar-refractivity contribution in [3.8, 4) is 0 Å². The van der Waals surface area contributed by atoms with Crippen LogP contribution in [0.4, 0.5) is 5.69 Å². The van der Waals surface area contributed by atoms with Gasteiger partial charge < -0.3 is 16.8 Å². The van der Waals surface area contributed by atoms with E-state index >= 15 is 0 Å². The minimum Gasteiger partial charge on any atom is -0.403 e. The SMILES string of the molecule is CN/C(=C/N)c1cccc(C)c1N. The Bertz CT molecular complexity index is 329. The summed E-state index contributed by atoms with van der Waals surface area (Å²) in [4.78, 5) is 0. The number of nitrogens with one attached hydrogen (secondary N) is 1. The van der Waals surface area contributed by atoms with Gasteiger partial charge in [-0.15, -0.1) is 0 Å². The molecule has 0 atom stereocenters. The van der Waals surface area contributed by atoms with Gasteiger partial charge in [-0.1, -0.05) is 18.2 Å². The number of aryl methyl sites for hydroxylation is 1. The maximum absolute atomic E-state index is 5.90. The molecule has 0 aliphatic heterocycles. The van der Waals surface area contributed by atoms with Crippen LogP contribution in [-0.4, -0.2) is 7.05 Å². The molecule has 70 valence electrons. The van der Waals surface area contributed by atoms with E-state index in [1.54, 1.807) is 0 Å². The first-order valence-electron chi connectivity index (χ1n) is 4.15. The minimum absolute atomic E-state index is 0.772. The van der Waals surface area contributed by atoms with Gasteiger partial charge in [-0.05, 0) is 12.5 Å². The molecule has 0 aliphatic rings. The maximum Gasteiger partial charge on any atom is 0.0589 e. The lowest BCUT2D eigenvalue weighted by atomic mass is 10.1. The zero-order chi connectivity index (χ0) is 9.84. The summed E-state index contributed by atoms with van der Waals surface area (Å²) in [5.74, 6) is 0. The van der Waals surface area contributed by atoms with Crippen LogP contribution in [0.5, 0.6) is 0 Å². The second-order valence-corrected chi connectivity index (χ2v) is 2.87. The van der Waals surface area contributed by atoms with Gasteiger partial charge in [-0.25, -0.2) is 0 Å². The van der Waals surface area contributed by atoms with Crippen molar-refractivity contribution in [1.82, 2.24) is 5.32 Å². The molecule has 1 rings (SSSR count). The lowest BCUT2D eigenvalue weighted by molar-refractivity contribution is 1.12. The van der Waals surface area contributed by atoms with Gasteiger partial charge in [0.15, 0.2) is 0 Å². The van der Waals surface area contributed by atoms with E-state index in [1.807, 2.05) is 32.2 Å². The number of nitrogen functional groups attached to an aromatic ring is 1. The summed E-state index contributed by atoms with van der Waals surface area (Å²) in [5, 5.41) is 2.99. The Balaban J connectivity index is 3.22. The van der Waals surface area contributed by atoms with Crippen molar-refractivity contribution in [2.45, 2.75) is 6.92 Å². The highest BCUT2D eigenvalue weighted by molar-refractivity contribution is 5.75. The van der Waals surface area contributed by atoms with Crippen LogP contribution in [0.3, 0.4) is 0 Å². The van der Waals surface area contributed by atoms with Gasteiger partial charge in [-0.3, -0.25) is 0 Å². The molecule has 0 saturated heterocycles. The Hall–Kier alpha value is -1.64. The second-order valence-electron chi connectivity index (χ2n) is 2.87. The minimum atomic E-state index is 0.772. The average molecular weight is 177 g/mol. The molecule has 0 saturated carbocycles. The van der Waals surface area contributed by atoms with Gasteiger partial charge in [0, 0.05) is 24.5 Å². The van der Waals surface area contributed by atoms with Crippen LogP contribution in [0.15, 0.2) is 24.4 Å². The molecule has 0 unspecified atom stereocenters. The molecule has 0 radical (unpaired) electrons. The second kappa shape index (κ2) is 3.85. The van der Waals surface area contributed by atoms with E-state index in [1.165, 1.54) is 6.20 Å². The third-order valence-corrected chi connectivity index (χ3v) is 2.05. The Morgan fingerprint density at radius 2 is 2.15 bits per heavy atom. The van der Waals surface area contributed by atoms with Crippen LogP contribution >= 0.6 is 0 Å². The van der Waals surface area contributed by atoms with Crippen LogP contribution in [-0.2, 0) is 0 Å².